The number of ether oxygens (including phenoxy) is 1. The lowest BCUT2D eigenvalue weighted by Crippen LogP contribution is -1.91. The lowest BCUT2D eigenvalue weighted by molar-refractivity contribution is -0.112. The van der Waals surface area contributed by atoms with Gasteiger partial charge < -0.3 is 4.74 Å². The second kappa shape index (κ2) is 6.48. The maximum Gasteiger partial charge on any atom is 0.166 e. The summed E-state index contributed by atoms with van der Waals surface area (Å²) in [5, 5.41) is 0. The Kier molecular flexibility index (Phi) is 4.69. The molecule has 2 nitrogen and oxygen atoms in total. The largest absolute Gasteiger partial charge is 0.454 e. The first-order chi connectivity index (χ1) is 9.56. The first-order valence-corrected chi connectivity index (χ1v) is 6.76. The molecule has 2 aromatic rings. The van der Waals surface area contributed by atoms with Crippen LogP contribution in [0, 0.1) is 5.82 Å². The molecule has 0 N–H and O–H groups in total. The van der Waals surface area contributed by atoms with Crippen LogP contribution >= 0.6 is 15.9 Å². The van der Waals surface area contributed by atoms with Gasteiger partial charge in [0, 0.05) is 10.0 Å². The number of para-hydroxylation sites is 1. The molecular formula is C16H12BrFO2. The van der Waals surface area contributed by atoms with E-state index in [0.29, 0.717) is 15.8 Å². The van der Waals surface area contributed by atoms with Crippen molar-refractivity contribution < 1.29 is 13.9 Å². The van der Waals surface area contributed by atoms with Crippen LogP contribution in [0.4, 0.5) is 4.39 Å². The highest BCUT2D eigenvalue weighted by Gasteiger charge is 2.07. The van der Waals surface area contributed by atoms with Crippen molar-refractivity contribution in [1.82, 2.24) is 0 Å². The standard InChI is InChI=1S/C16H12BrFO2/c1-11(19)6-7-12-4-2-3-5-15(12)20-16-9-8-13(17)10-14(16)18/h2-10H,1H3. The van der Waals surface area contributed by atoms with Gasteiger partial charge in [0.1, 0.15) is 5.75 Å². The fraction of sp³-hybridized carbons (Fsp3) is 0.0625. The molecule has 0 saturated heterocycles. The monoisotopic (exact) mass is 334 g/mol. The Labute approximate surface area is 125 Å². The Morgan fingerprint density at radius 3 is 2.65 bits per heavy atom. The molecule has 0 radical (unpaired) electrons. The first-order valence-electron chi connectivity index (χ1n) is 5.97. The molecule has 0 atom stereocenters. The number of carbonyl (C=O) groups is 1. The maximum atomic E-state index is 13.8. The van der Waals surface area contributed by atoms with Gasteiger partial charge in [-0.15, -0.1) is 0 Å². The number of benzene rings is 2. The van der Waals surface area contributed by atoms with Crippen LogP contribution < -0.4 is 4.74 Å². The molecule has 0 amide bonds. The highest BCUT2D eigenvalue weighted by Crippen LogP contribution is 2.29. The molecule has 0 heterocycles. The molecule has 2 rings (SSSR count). The highest BCUT2D eigenvalue weighted by atomic mass is 79.9. The van der Waals surface area contributed by atoms with E-state index in [1.54, 1.807) is 36.4 Å². The molecule has 0 spiro atoms. The highest BCUT2D eigenvalue weighted by molar-refractivity contribution is 9.10. The van der Waals surface area contributed by atoms with Crippen LogP contribution in [0.5, 0.6) is 11.5 Å². The number of carbonyl (C=O) groups excluding carboxylic acids is 1. The van der Waals surface area contributed by atoms with Crippen LogP contribution in [0.25, 0.3) is 6.08 Å². The predicted molar refractivity (Wildman–Crippen MR) is 80.3 cm³/mol. The second-order valence-corrected chi connectivity index (χ2v) is 5.07. The van der Waals surface area contributed by atoms with Gasteiger partial charge in [-0.1, -0.05) is 34.1 Å². The molecular weight excluding hydrogens is 323 g/mol. The average Bonchev–Trinajstić information content (AvgIpc) is 2.41. The van der Waals surface area contributed by atoms with Gasteiger partial charge in [-0.3, -0.25) is 4.79 Å². The van der Waals surface area contributed by atoms with Crippen LogP contribution in [0.1, 0.15) is 12.5 Å². The lowest BCUT2D eigenvalue weighted by Gasteiger charge is -2.09. The summed E-state index contributed by atoms with van der Waals surface area (Å²) < 4.78 is 20.0. The van der Waals surface area contributed by atoms with E-state index in [0.717, 1.165) is 0 Å². The summed E-state index contributed by atoms with van der Waals surface area (Å²) in [6, 6.07) is 11.7. The molecule has 0 aliphatic rings. The van der Waals surface area contributed by atoms with Crippen molar-refractivity contribution in [3.8, 4) is 11.5 Å². The normalized spacial score (nSPS) is 10.8. The van der Waals surface area contributed by atoms with E-state index in [-0.39, 0.29) is 11.5 Å². The Morgan fingerprint density at radius 2 is 1.95 bits per heavy atom. The second-order valence-electron chi connectivity index (χ2n) is 4.16. The smallest absolute Gasteiger partial charge is 0.166 e. The summed E-state index contributed by atoms with van der Waals surface area (Å²) in [5.41, 5.74) is 0.713. The van der Waals surface area contributed by atoms with Crippen LogP contribution in [-0.4, -0.2) is 5.78 Å². The molecule has 0 aromatic heterocycles. The minimum absolute atomic E-state index is 0.0605. The van der Waals surface area contributed by atoms with Gasteiger partial charge in [-0.05, 0) is 43.3 Å². The van der Waals surface area contributed by atoms with E-state index in [2.05, 4.69) is 15.9 Å². The van der Waals surface area contributed by atoms with Crippen molar-refractivity contribution in [3.63, 3.8) is 0 Å². The van der Waals surface area contributed by atoms with E-state index in [1.165, 1.54) is 19.1 Å². The summed E-state index contributed by atoms with van der Waals surface area (Å²) in [5.74, 6) is 0.113. The third-order valence-corrected chi connectivity index (χ3v) is 3.02. The van der Waals surface area contributed by atoms with Crippen molar-refractivity contribution in [3.05, 3.63) is 64.4 Å². The summed E-state index contributed by atoms with van der Waals surface area (Å²) in [6.07, 6.45) is 3.09. The van der Waals surface area contributed by atoms with Gasteiger partial charge in [0.05, 0.1) is 0 Å². The number of ketones is 1. The molecule has 4 heteroatoms. The van der Waals surface area contributed by atoms with Crippen molar-refractivity contribution in [2.24, 2.45) is 0 Å². The number of allylic oxidation sites excluding steroid dienone is 1. The Morgan fingerprint density at radius 1 is 1.20 bits per heavy atom. The Hall–Kier alpha value is -1.94. The van der Waals surface area contributed by atoms with Gasteiger partial charge in [0.25, 0.3) is 0 Å². The van der Waals surface area contributed by atoms with Crippen LogP contribution in [0.2, 0.25) is 0 Å². The van der Waals surface area contributed by atoms with E-state index in [9.17, 15) is 9.18 Å². The zero-order chi connectivity index (χ0) is 14.5. The topological polar surface area (TPSA) is 26.3 Å². The number of hydrogen-bond acceptors (Lipinski definition) is 2. The molecule has 0 bridgehead atoms. The van der Waals surface area contributed by atoms with E-state index < -0.39 is 5.82 Å². The molecule has 102 valence electrons. The first kappa shape index (κ1) is 14.5. The van der Waals surface area contributed by atoms with Crippen LogP contribution in [-0.2, 0) is 4.79 Å². The third-order valence-electron chi connectivity index (χ3n) is 2.53. The number of hydrogen-bond donors (Lipinski definition) is 0. The van der Waals surface area contributed by atoms with Crippen molar-refractivity contribution in [1.29, 1.82) is 0 Å². The molecule has 0 aliphatic heterocycles. The van der Waals surface area contributed by atoms with Crippen LogP contribution in [0.15, 0.2) is 53.0 Å². The van der Waals surface area contributed by atoms with E-state index in [4.69, 9.17) is 4.74 Å². The zero-order valence-corrected chi connectivity index (χ0v) is 12.4. The fourth-order valence-electron chi connectivity index (χ4n) is 1.59. The van der Waals surface area contributed by atoms with Gasteiger partial charge >= 0.3 is 0 Å². The zero-order valence-electron chi connectivity index (χ0n) is 10.8. The predicted octanol–water partition coefficient (Wildman–Crippen LogP) is 4.98. The van der Waals surface area contributed by atoms with Crippen molar-refractivity contribution >= 4 is 27.8 Å². The number of rotatable bonds is 4. The fourth-order valence-corrected chi connectivity index (χ4v) is 1.93. The molecule has 0 fully saturated rings. The Balaban J connectivity index is 2.31. The number of halogens is 2. The van der Waals surface area contributed by atoms with Gasteiger partial charge in [0.15, 0.2) is 17.3 Å². The molecule has 0 saturated carbocycles. The summed E-state index contributed by atoms with van der Waals surface area (Å²) >= 11 is 3.19. The minimum Gasteiger partial charge on any atom is -0.454 e. The van der Waals surface area contributed by atoms with Crippen molar-refractivity contribution in [2.45, 2.75) is 6.92 Å². The maximum absolute atomic E-state index is 13.8. The van der Waals surface area contributed by atoms with Gasteiger partial charge in [-0.2, -0.15) is 0 Å². The van der Waals surface area contributed by atoms with Crippen LogP contribution in [0.3, 0.4) is 0 Å². The summed E-state index contributed by atoms with van der Waals surface area (Å²) in [7, 11) is 0. The van der Waals surface area contributed by atoms with Gasteiger partial charge in [-0.25, -0.2) is 4.39 Å². The quantitative estimate of drug-likeness (QED) is 0.737. The Bertz CT molecular complexity index is 665. The molecule has 0 aliphatic carbocycles. The lowest BCUT2D eigenvalue weighted by atomic mass is 10.1. The summed E-state index contributed by atoms with van der Waals surface area (Å²) in [6.45, 7) is 1.47. The minimum atomic E-state index is -0.454. The van der Waals surface area contributed by atoms with Gasteiger partial charge in [0.2, 0.25) is 0 Å². The SMILES string of the molecule is CC(=O)C=Cc1ccccc1Oc1ccc(Br)cc1F. The van der Waals surface area contributed by atoms with E-state index in [1.807, 2.05) is 6.07 Å². The molecule has 2 aromatic carbocycles. The molecule has 0 unspecified atom stereocenters. The van der Waals surface area contributed by atoms with E-state index >= 15 is 0 Å². The third kappa shape index (κ3) is 3.78. The van der Waals surface area contributed by atoms with Crippen molar-refractivity contribution in [2.75, 3.05) is 0 Å². The summed E-state index contributed by atoms with van der Waals surface area (Å²) in [4.78, 5) is 11.0. The average molecular weight is 335 g/mol. The molecule has 20 heavy (non-hydrogen) atoms.